The number of carbonyl (C=O) groups is 2. The maximum Gasteiger partial charge on any atom is 0.269 e. The van der Waals surface area contributed by atoms with Gasteiger partial charge in [-0.2, -0.15) is 5.26 Å². The summed E-state index contributed by atoms with van der Waals surface area (Å²) in [4.78, 5) is 21.5. The summed E-state index contributed by atoms with van der Waals surface area (Å²) in [5.41, 5.74) is -0.109. The second kappa shape index (κ2) is 2.39. The van der Waals surface area contributed by atoms with Gasteiger partial charge in [0.25, 0.3) is 11.8 Å². The van der Waals surface area contributed by atoms with Crippen LogP contribution >= 0.6 is 0 Å². The Kier molecular flexibility index (Phi) is 1.57. The van der Waals surface area contributed by atoms with E-state index in [-0.39, 0.29) is 11.1 Å². The molecule has 0 atom stereocenters. The fourth-order valence-corrected chi connectivity index (χ4v) is 0.775. The lowest BCUT2D eigenvalue weighted by atomic mass is 10.1. The number of nitriles is 1. The number of rotatable bonds is 1. The molecule has 0 aromatic rings. The van der Waals surface area contributed by atoms with Crippen LogP contribution in [0.1, 0.15) is 0 Å². The fraction of sp³-hybridized carbons (Fsp3) is 0. The Bertz CT molecular complexity index is 320. The highest BCUT2D eigenvalue weighted by atomic mass is 16.2. The smallest absolute Gasteiger partial charge is 0.269 e. The third-order valence-corrected chi connectivity index (χ3v) is 1.28. The molecular formula is C7H4N2O2. The van der Waals surface area contributed by atoms with Gasteiger partial charge in [0.05, 0.1) is 5.57 Å². The van der Waals surface area contributed by atoms with Crippen molar-refractivity contribution in [1.29, 1.82) is 5.26 Å². The van der Waals surface area contributed by atoms with Gasteiger partial charge in [-0.1, -0.05) is 12.7 Å². The summed E-state index contributed by atoms with van der Waals surface area (Å²) in [6.07, 6.45) is 1.19. The fourth-order valence-electron chi connectivity index (χ4n) is 0.775. The van der Waals surface area contributed by atoms with Crippen LogP contribution in [0.25, 0.3) is 0 Å². The van der Waals surface area contributed by atoms with Crippen LogP contribution in [-0.2, 0) is 9.59 Å². The monoisotopic (exact) mass is 148 g/mol. The molecule has 0 spiro atoms. The summed E-state index contributed by atoms with van der Waals surface area (Å²) >= 11 is 0. The Hall–Kier alpha value is -1.89. The quantitative estimate of drug-likeness (QED) is 0.516. The zero-order valence-corrected chi connectivity index (χ0v) is 5.55. The molecule has 4 heteroatoms. The molecule has 0 radical (unpaired) electrons. The minimum atomic E-state index is -0.646. The Balaban J connectivity index is 3.25. The standard InChI is InChI=1S/C7H4N2O2/c1-2-4-5(3-8)7(11)9-6(4)10/h2H,1H2,(H,9,10,11). The van der Waals surface area contributed by atoms with Gasteiger partial charge in [0.1, 0.15) is 11.6 Å². The van der Waals surface area contributed by atoms with Crippen LogP contribution in [0.5, 0.6) is 0 Å². The van der Waals surface area contributed by atoms with Gasteiger partial charge in [0, 0.05) is 0 Å². The van der Waals surface area contributed by atoms with E-state index in [1.807, 2.05) is 5.32 Å². The highest BCUT2D eigenvalue weighted by Crippen LogP contribution is 2.11. The lowest BCUT2D eigenvalue weighted by molar-refractivity contribution is -0.123. The number of nitrogens with zero attached hydrogens (tertiary/aromatic N) is 1. The number of imide groups is 1. The molecule has 0 aliphatic carbocycles. The Morgan fingerprint density at radius 2 is 2.09 bits per heavy atom. The maximum absolute atomic E-state index is 10.8. The van der Waals surface area contributed by atoms with Crippen LogP contribution in [-0.4, -0.2) is 11.8 Å². The lowest BCUT2D eigenvalue weighted by Crippen LogP contribution is -2.22. The molecule has 0 aromatic carbocycles. The van der Waals surface area contributed by atoms with E-state index in [0.29, 0.717) is 0 Å². The van der Waals surface area contributed by atoms with Crippen molar-refractivity contribution in [3.05, 3.63) is 23.8 Å². The van der Waals surface area contributed by atoms with Gasteiger partial charge in [0.15, 0.2) is 0 Å². The summed E-state index contributed by atoms with van der Waals surface area (Å²) < 4.78 is 0. The average molecular weight is 148 g/mol. The van der Waals surface area contributed by atoms with Crippen molar-refractivity contribution in [3.63, 3.8) is 0 Å². The van der Waals surface area contributed by atoms with Crippen LogP contribution in [0.15, 0.2) is 23.8 Å². The van der Waals surface area contributed by atoms with E-state index in [4.69, 9.17) is 5.26 Å². The normalized spacial score (nSPS) is 16.3. The molecule has 1 rings (SSSR count). The SMILES string of the molecule is C=CC1=C(C#N)C(=O)NC1=O. The first-order chi connectivity index (χ1) is 5.20. The minimum Gasteiger partial charge on any atom is -0.287 e. The van der Waals surface area contributed by atoms with E-state index in [0.717, 1.165) is 0 Å². The summed E-state index contributed by atoms with van der Waals surface area (Å²) in [5.74, 6) is -1.20. The molecule has 0 fully saturated rings. The van der Waals surface area contributed by atoms with Gasteiger partial charge >= 0.3 is 0 Å². The van der Waals surface area contributed by atoms with E-state index < -0.39 is 11.8 Å². The molecule has 11 heavy (non-hydrogen) atoms. The van der Waals surface area contributed by atoms with Crippen molar-refractivity contribution in [2.45, 2.75) is 0 Å². The van der Waals surface area contributed by atoms with Crippen molar-refractivity contribution in [2.75, 3.05) is 0 Å². The first-order valence-electron chi connectivity index (χ1n) is 2.83. The number of hydrogen-bond donors (Lipinski definition) is 1. The van der Waals surface area contributed by atoms with E-state index in [2.05, 4.69) is 6.58 Å². The molecule has 4 nitrogen and oxygen atoms in total. The van der Waals surface area contributed by atoms with E-state index in [9.17, 15) is 9.59 Å². The topological polar surface area (TPSA) is 70.0 Å². The van der Waals surface area contributed by atoms with Crippen LogP contribution in [0.3, 0.4) is 0 Å². The second-order valence-corrected chi connectivity index (χ2v) is 1.89. The van der Waals surface area contributed by atoms with Gasteiger partial charge in [-0.05, 0) is 0 Å². The molecule has 0 bridgehead atoms. The van der Waals surface area contributed by atoms with Gasteiger partial charge in [-0.3, -0.25) is 14.9 Å². The second-order valence-electron chi connectivity index (χ2n) is 1.89. The van der Waals surface area contributed by atoms with Crippen molar-refractivity contribution in [2.24, 2.45) is 0 Å². The van der Waals surface area contributed by atoms with Crippen LogP contribution < -0.4 is 5.32 Å². The highest BCUT2D eigenvalue weighted by molar-refractivity contribution is 6.22. The van der Waals surface area contributed by atoms with E-state index in [1.54, 1.807) is 6.07 Å². The lowest BCUT2D eigenvalue weighted by Gasteiger charge is -1.85. The predicted molar refractivity (Wildman–Crippen MR) is 36.0 cm³/mol. The van der Waals surface area contributed by atoms with Crippen molar-refractivity contribution >= 4 is 11.8 Å². The van der Waals surface area contributed by atoms with Gasteiger partial charge in [-0.25, -0.2) is 0 Å². The number of carbonyl (C=O) groups excluding carboxylic acids is 2. The van der Waals surface area contributed by atoms with Crippen molar-refractivity contribution in [3.8, 4) is 6.07 Å². The summed E-state index contributed by atoms with van der Waals surface area (Å²) in [5, 5.41) is 10.4. The Morgan fingerprint density at radius 1 is 1.45 bits per heavy atom. The molecule has 1 N–H and O–H groups in total. The number of amides is 2. The summed E-state index contributed by atoms with van der Waals surface area (Å²) in [7, 11) is 0. The third-order valence-electron chi connectivity index (χ3n) is 1.28. The van der Waals surface area contributed by atoms with Crippen LogP contribution in [0.4, 0.5) is 0 Å². The first kappa shape index (κ1) is 7.22. The van der Waals surface area contributed by atoms with Crippen LogP contribution in [0, 0.1) is 11.3 Å². The number of nitrogens with one attached hydrogen (secondary N) is 1. The van der Waals surface area contributed by atoms with Gasteiger partial charge in [0.2, 0.25) is 0 Å². The largest absolute Gasteiger partial charge is 0.287 e. The molecule has 0 saturated carbocycles. The zero-order chi connectivity index (χ0) is 8.43. The van der Waals surface area contributed by atoms with Gasteiger partial charge in [-0.15, -0.1) is 0 Å². The Labute approximate surface area is 62.8 Å². The van der Waals surface area contributed by atoms with Crippen LogP contribution in [0.2, 0.25) is 0 Å². The minimum absolute atomic E-state index is 0.0532. The molecular weight excluding hydrogens is 144 g/mol. The predicted octanol–water partition coefficient (Wildman–Crippen LogP) is -0.351. The van der Waals surface area contributed by atoms with Crippen molar-refractivity contribution < 1.29 is 9.59 Å². The molecule has 1 aliphatic rings. The molecule has 54 valence electrons. The van der Waals surface area contributed by atoms with Crippen molar-refractivity contribution in [1.82, 2.24) is 5.32 Å². The Morgan fingerprint density at radius 3 is 2.45 bits per heavy atom. The third kappa shape index (κ3) is 0.923. The molecule has 0 unspecified atom stereocenters. The molecule has 2 amide bonds. The molecule has 1 heterocycles. The van der Waals surface area contributed by atoms with Gasteiger partial charge < -0.3 is 0 Å². The van der Waals surface area contributed by atoms with E-state index in [1.165, 1.54) is 6.08 Å². The molecule has 0 aromatic heterocycles. The summed E-state index contributed by atoms with van der Waals surface area (Å²) in [6.45, 7) is 3.30. The first-order valence-corrected chi connectivity index (χ1v) is 2.83. The summed E-state index contributed by atoms with van der Waals surface area (Å²) in [6, 6.07) is 1.62. The van der Waals surface area contributed by atoms with E-state index >= 15 is 0 Å². The average Bonchev–Trinajstić information content (AvgIpc) is 2.24. The molecule has 1 aliphatic heterocycles. The molecule has 0 saturated heterocycles. The zero-order valence-electron chi connectivity index (χ0n) is 5.55. The highest BCUT2D eigenvalue weighted by Gasteiger charge is 2.27. The maximum atomic E-state index is 10.8. The number of hydrogen-bond acceptors (Lipinski definition) is 3.